The van der Waals surface area contributed by atoms with Gasteiger partial charge in [0.2, 0.25) is 0 Å². The Hall–Kier alpha value is -4.30. The monoisotopic (exact) mass is 514 g/mol. The Kier molecular flexibility index (Phi) is 9.00. The van der Waals surface area contributed by atoms with Crippen molar-refractivity contribution in [3.05, 3.63) is 89.6 Å². The van der Waals surface area contributed by atoms with Crippen LogP contribution in [-0.4, -0.2) is 30.2 Å². The SMILES string of the molecule is CCOCOc1cc(OCc2ccccc2)c(/C=N\NC(=O)Nc2ccc3c(ccn3C)c2)cc1C(C)C. The summed E-state index contributed by atoms with van der Waals surface area (Å²) in [6.45, 7) is 7.19. The highest BCUT2D eigenvalue weighted by atomic mass is 16.7. The lowest BCUT2D eigenvalue weighted by Gasteiger charge is -2.18. The number of ether oxygens (including phenoxy) is 3. The molecule has 0 unspecified atom stereocenters. The van der Waals surface area contributed by atoms with E-state index in [0.29, 0.717) is 30.4 Å². The number of aromatic nitrogens is 1. The number of fused-ring (bicyclic) bond motifs is 1. The van der Waals surface area contributed by atoms with Crippen LogP contribution in [0.1, 0.15) is 43.4 Å². The summed E-state index contributed by atoms with van der Waals surface area (Å²) in [4.78, 5) is 12.5. The summed E-state index contributed by atoms with van der Waals surface area (Å²) in [5.74, 6) is 1.46. The minimum atomic E-state index is -0.441. The molecule has 198 valence electrons. The molecule has 0 saturated heterocycles. The van der Waals surface area contributed by atoms with Gasteiger partial charge in [0.05, 0.1) is 6.21 Å². The summed E-state index contributed by atoms with van der Waals surface area (Å²) >= 11 is 0. The zero-order valence-corrected chi connectivity index (χ0v) is 22.2. The van der Waals surface area contributed by atoms with Crippen molar-refractivity contribution in [2.24, 2.45) is 12.1 Å². The topological polar surface area (TPSA) is 86.1 Å². The number of anilines is 1. The number of aryl methyl sites for hydroxylation is 1. The number of amides is 2. The molecular weight excluding hydrogens is 480 g/mol. The summed E-state index contributed by atoms with van der Waals surface area (Å²) in [5.41, 5.74) is 7.06. The van der Waals surface area contributed by atoms with Gasteiger partial charge in [-0.1, -0.05) is 44.2 Å². The van der Waals surface area contributed by atoms with E-state index in [1.165, 1.54) is 0 Å². The Morgan fingerprint density at radius 1 is 1.03 bits per heavy atom. The minimum absolute atomic E-state index is 0.151. The van der Waals surface area contributed by atoms with Crippen LogP contribution >= 0.6 is 0 Å². The third kappa shape index (κ3) is 6.92. The van der Waals surface area contributed by atoms with Crippen LogP contribution in [0, 0.1) is 0 Å². The molecule has 0 atom stereocenters. The number of rotatable bonds is 11. The van der Waals surface area contributed by atoms with Crippen LogP contribution in [0.15, 0.2) is 78.0 Å². The van der Waals surface area contributed by atoms with Crippen LogP contribution < -0.4 is 20.2 Å². The molecule has 0 saturated carbocycles. The molecule has 1 aromatic heterocycles. The number of hydrogen-bond acceptors (Lipinski definition) is 5. The molecule has 38 heavy (non-hydrogen) atoms. The number of hydrogen-bond donors (Lipinski definition) is 2. The van der Waals surface area contributed by atoms with Crippen molar-refractivity contribution in [2.75, 3.05) is 18.7 Å². The fraction of sp³-hybridized carbons (Fsp3) is 0.267. The lowest BCUT2D eigenvalue weighted by atomic mass is 9.99. The Bertz CT molecular complexity index is 1400. The van der Waals surface area contributed by atoms with E-state index in [1.807, 2.05) is 91.5 Å². The first-order valence-corrected chi connectivity index (χ1v) is 12.6. The van der Waals surface area contributed by atoms with Gasteiger partial charge in [-0.3, -0.25) is 0 Å². The summed E-state index contributed by atoms with van der Waals surface area (Å²) in [5, 5.41) is 8.05. The fourth-order valence-electron chi connectivity index (χ4n) is 4.00. The van der Waals surface area contributed by atoms with Crippen molar-refractivity contribution in [1.82, 2.24) is 9.99 Å². The lowest BCUT2D eigenvalue weighted by molar-refractivity contribution is 0.0215. The maximum absolute atomic E-state index is 12.5. The molecule has 0 aliphatic carbocycles. The van der Waals surface area contributed by atoms with Crippen molar-refractivity contribution in [2.45, 2.75) is 33.3 Å². The van der Waals surface area contributed by atoms with Gasteiger partial charge in [0, 0.05) is 48.1 Å². The molecule has 4 aromatic rings. The number of nitrogens with one attached hydrogen (secondary N) is 2. The molecule has 4 rings (SSSR count). The molecule has 0 fully saturated rings. The van der Waals surface area contributed by atoms with Crippen LogP contribution in [0.5, 0.6) is 11.5 Å². The predicted octanol–water partition coefficient (Wildman–Crippen LogP) is 6.41. The smallest absolute Gasteiger partial charge is 0.339 e. The van der Waals surface area contributed by atoms with Gasteiger partial charge in [-0.05, 0) is 54.3 Å². The van der Waals surface area contributed by atoms with Crippen molar-refractivity contribution < 1.29 is 19.0 Å². The third-order valence-electron chi connectivity index (χ3n) is 6.02. The van der Waals surface area contributed by atoms with E-state index in [1.54, 1.807) is 6.21 Å². The van der Waals surface area contributed by atoms with Crippen molar-refractivity contribution in [1.29, 1.82) is 0 Å². The highest BCUT2D eigenvalue weighted by Gasteiger charge is 2.15. The molecule has 0 bridgehead atoms. The number of hydrazone groups is 1. The Morgan fingerprint density at radius 2 is 1.84 bits per heavy atom. The Morgan fingerprint density at radius 3 is 2.61 bits per heavy atom. The second kappa shape index (κ2) is 12.8. The first-order valence-electron chi connectivity index (χ1n) is 12.6. The minimum Gasteiger partial charge on any atom is -0.488 e. The van der Waals surface area contributed by atoms with Gasteiger partial charge in [-0.25, -0.2) is 10.2 Å². The van der Waals surface area contributed by atoms with Gasteiger partial charge >= 0.3 is 6.03 Å². The van der Waals surface area contributed by atoms with E-state index >= 15 is 0 Å². The van der Waals surface area contributed by atoms with Gasteiger partial charge in [0.15, 0.2) is 6.79 Å². The van der Waals surface area contributed by atoms with E-state index < -0.39 is 6.03 Å². The molecule has 0 radical (unpaired) electrons. The molecule has 2 amide bonds. The lowest BCUT2D eigenvalue weighted by Crippen LogP contribution is -2.24. The van der Waals surface area contributed by atoms with Crippen LogP contribution in [0.3, 0.4) is 0 Å². The molecule has 3 aromatic carbocycles. The number of benzene rings is 3. The molecule has 0 aliphatic heterocycles. The van der Waals surface area contributed by atoms with E-state index in [2.05, 4.69) is 29.7 Å². The van der Waals surface area contributed by atoms with Gasteiger partial charge in [0.25, 0.3) is 0 Å². The van der Waals surface area contributed by atoms with Gasteiger partial charge in [-0.2, -0.15) is 5.10 Å². The van der Waals surface area contributed by atoms with Gasteiger partial charge in [-0.15, -0.1) is 0 Å². The number of carbonyl (C=O) groups excluding carboxylic acids is 1. The third-order valence-corrected chi connectivity index (χ3v) is 6.02. The molecule has 0 aliphatic rings. The van der Waals surface area contributed by atoms with E-state index in [0.717, 1.165) is 27.6 Å². The molecule has 2 N–H and O–H groups in total. The summed E-state index contributed by atoms with van der Waals surface area (Å²) in [6, 6.07) is 21.0. The first kappa shape index (κ1) is 26.8. The quantitative estimate of drug-likeness (QED) is 0.105. The zero-order valence-electron chi connectivity index (χ0n) is 22.2. The largest absolute Gasteiger partial charge is 0.488 e. The van der Waals surface area contributed by atoms with Crippen LogP contribution in [-0.2, 0) is 18.4 Å². The maximum Gasteiger partial charge on any atom is 0.339 e. The number of nitrogens with zero attached hydrogens (tertiary/aromatic N) is 2. The summed E-state index contributed by atoms with van der Waals surface area (Å²) < 4.78 is 19.5. The fourth-order valence-corrected chi connectivity index (χ4v) is 4.00. The second-order valence-electron chi connectivity index (χ2n) is 9.14. The standard InChI is InChI=1S/C30H34N4O4/c1-5-36-20-38-29-17-28(37-19-22-9-7-6-8-10-22)24(16-26(29)21(2)3)18-31-33-30(35)32-25-11-12-27-23(15-25)13-14-34(27)4/h6-18,21H,5,19-20H2,1-4H3,(H2,32,33,35)/b31-18-. The molecule has 8 heteroatoms. The Balaban J connectivity index is 1.51. The van der Waals surface area contributed by atoms with E-state index in [9.17, 15) is 4.79 Å². The van der Waals surface area contributed by atoms with Gasteiger partial charge < -0.3 is 24.1 Å². The van der Waals surface area contributed by atoms with Crippen LogP contribution in [0.25, 0.3) is 10.9 Å². The highest BCUT2D eigenvalue weighted by Crippen LogP contribution is 2.34. The van der Waals surface area contributed by atoms with Crippen molar-refractivity contribution in [3.8, 4) is 11.5 Å². The maximum atomic E-state index is 12.5. The Labute approximate surface area is 223 Å². The molecular formula is C30H34N4O4. The van der Waals surface area contributed by atoms with Gasteiger partial charge in [0.1, 0.15) is 18.1 Å². The number of carbonyl (C=O) groups is 1. The summed E-state index contributed by atoms with van der Waals surface area (Å²) in [7, 11) is 1.98. The van der Waals surface area contributed by atoms with Crippen molar-refractivity contribution >= 4 is 28.8 Å². The van der Waals surface area contributed by atoms with Crippen molar-refractivity contribution in [3.63, 3.8) is 0 Å². The van der Waals surface area contributed by atoms with E-state index in [-0.39, 0.29) is 12.7 Å². The zero-order chi connectivity index (χ0) is 26.9. The molecule has 8 nitrogen and oxygen atoms in total. The predicted molar refractivity (Wildman–Crippen MR) is 151 cm³/mol. The molecule has 0 spiro atoms. The second-order valence-corrected chi connectivity index (χ2v) is 9.14. The normalized spacial score (nSPS) is 11.3. The van der Waals surface area contributed by atoms with Crippen LogP contribution in [0.2, 0.25) is 0 Å². The average Bonchev–Trinajstić information content (AvgIpc) is 3.28. The first-order chi connectivity index (χ1) is 18.4. The number of urea groups is 1. The van der Waals surface area contributed by atoms with E-state index in [4.69, 9.17) is 14.2 Å². The average molecular weight is 515 g/mol. The highest BCUT2D eigenvalue weighted by molar-refractivity contribution is 5.94. The summed E-state index contributed by atoms with van der Waals surface area (Å²) in [6.07, 6.45) is 3.56. The molecule has 1 heterocycles. The van der Waals surface area contributed by atoms with Crippen LogP contribution in [0.4, 0.5) is 10.5 Å².